The van der Waals surface area contributed by atoms with Crippen LogP contribution in [0.15, 0.2) is 0 Å². The Morgan fingerprint density at radius 2 is 2.00 bits per heavy atom. The van der Waals surface area contributed by atoms with E-state index in [0.29, 0.717) is 6.42 Å². The van der Waals surface area contributed by atoms with E-state index in [-0.39, 0.29) is 18.4 Å². The highest BCUT2D eigenvalue weighted by atomic mass is 16.3. The number of hydrogen-bond acceptors (Lipinski definition) is 3. The first-order chi connectivity index (χ1) is 7.29. The van der Waals surface area contributed by atoms with E-state index in [2.05, 4.69) is 4.90 Å². The molecular formula is C11H20N2O2. The van der Waals surface area contributed by atoms with Gasteiger partial charge < -0.3 is 14.9 Å². The third-order valence-electron chi connectivity index (χ3n) is 3.44. The van der Waals surface area contributed by atoms with Gasteiger partial charge in [-0.3, -0.25) is 4.79 Å². The van der Waals surface area contributed by atoms with Crippen molar-refractivity contribution in [3.05, 3.63) is 0 Å². The van der Waals surface area contributed by atoms with E-state index in [1.807, 2.05) is 4.90 Å². The van der Waals surface area contributed by atoms with Gasteiger partial charge in [-0.25, -0.2) is 0 Å². The molecule has 0 radical (unpaired) electrons. The number of rotatable bonds is 4. The Kier molecular flexibility index (Phi) is 3.59. The molecule has 2 aliphatic heterocycles. The van der Waals surface area contributed by atoms with Crippen molar-refractivity contribution in [2.45, 2.75) is 19.3 Å². The van der Waals surface area contributed by atoms with Crippen molar-refractivity contribution in [1.82, 2.24) is 9.80 Å². The molecule has 0 aromatic rings. The van der Waals surface area contributed by atoms with Crippen LogP contribution in [0.25, 0.3) is 0 Å². The second-order valence-electron chi connectivity index (χ2n) is 4.64. The minimum atomic E-state index is 0.145. The van der Waals surface area contributed by atoms with Gasteiger partial charge in [0.25, 0.3) is 0 Å². The van der Waals surface area contributed by atoms with Crippen molar-refractivity contribution in [3.8, 4) is 0 Å². The van der Waals surface area contributed by atoms with Gasteiger partial charge >= 0.3 is 0 Å². The van der Waals surface area contributed by atoms with Crippen LogP contribution < -0.4 is 0 Å². The van der Waals surface area contributed by atoms with Crippen LogP contribution in [0.4, 0.5) is 0 Å². The van der Waals surface area contributed by atoms with Gasteiger partial charge in [-0.15, -0.1) is 0 Å². The first-order valence-electron chi connectivity index (χ1n) is 5.90. The van der Waals surface area contributed by atoms with Gasteiger partial charge in [0.1, 0.15) is 0 Å². The SMILES string of the molecule is O=C1CC(CO)CN1CCN1CCCC1. The Morgan fingerprint density at radius 1 is 1.27 bits per heavy atom. The number of nitrogens with zero attached hydrogens (tertiary/aromatic N) is 2. The Balaban J connectivity index is 1.72. The van der Waals surface area contributed by atoms with E-state index < -0.39 is 0 Å². The van der Waals surface area contributed by atoms with Gasteiger partial charge in [0.2, 0.25) is 5.91 Å². The number of hydrogen-bond donors (Lipinski definition) is 1. The molecule has 1 unspecified atom stereocenters. The van der Waals surface area contributed by atoms with Crippen LogP contribution in [0.1, 0.15) is 19.3 Å². The smallest absolute Gasteiger partial charge is 0.223 e. The molecular weight excluding hydrogens is 192 g/mol. The quantitative estimate of drug-likeness (QED) is 0.709. The molecule has 0 aliphatic carbocycles. The minimum absolute atomic E-state index is 0.145. The van der Waals surface area contributed by atoms with E-state index in [1.54, 1.807) is 0 Å². The lowest BCUT2D eigenvalue weighted by atomic mass is 10.1. The molecule has 0 saturated carbocycles. The number of carbonyl (C=O) groups is 1. The molecule has 86 valence electrons. The van der Waals surface area contributed by atoms with Crippen LogP contribution in [0.3, 0.4) is 0 Å². The normalized spacial score (nSPS) is 27.9. The van der Waals surface area contributed by atoms with Crippen LogP contribution in [0.2, 0.25) is 0 Å². The van der Waals surface area contributed by atoms with Crippen molar-refractivity contribution in [2.24, 2.45) is 5.92 Å². The third kappa shape index (κ3) is 2.69. The van der Waals surface area contributed by atoms with Gasteiger partial charge in [0, 0.05) is 38.6 Å². The van der Waals surface area contributed by atoms with Gasteiger partial charge in [0.15, 0.2) is 0 Å². The topological polar surface area (TPSA) is 43.8 Å². The predicted molar refractivity (Wildman–Crippen MR) is 57.4 cm³/mol. The number of carbonyl (C=O) groups excluding carboxylic acids is 1. The summed E-state index contributed by atoms with van der Waals surface area (Å²) in [6.07, 6.45) is 3.14. The maximum Gasteiger partial charge on any atom is 0.223 e. The van der Waals surface area contributed by atoms with Crippen LogP contribution in [0.5, 0.6) is 0 Å². The third-order valence-corrected chi connectivity index (χ3v) is 3.44. The molecule has 2 rings (SSSR count). The molecule has 2 heterocycles. The Labute approximate surface area is 90.9 Å². The number of aliphatic hydroxyl groups is 1. The summed E-state index contributed by atoms with van der Waals surface area (Å²) >= 11 is 0. The maximum atomic E-state index is 11.5. The van der Waals surface area contributed by atoms with Gasteiger partial charge in [0.05, 0.1) is 0 Å². The van der Waals surface area contributed by atoms with E-state index in [9.17, 15) is 4.79 Å². The molecule has 1 amide bonds. The highest BCUT2D eigenvalue weighted by Gasteiger charge is 2.28. The molecule has 1 atom stereocenters. The fourth-order valence-electron chi connectivity index (χ4n) is 2.46. The summed E-state index contributed by atoms with van der Waals surface area (Å²) in [6.45, 7) is 5.12. The lowest BCUT2D eigenvalue weighted by Gasteiger charge is -2.21. The molecule has 2 aliphatic rings. The van der Waals surface area contributed by atoms with Crippen molar-refractivity contribution >= 4 is 5.91 Å². The molecule has 0 aromatic carbocycles. The summed E-state index contributed by atoms with van der Waals surface area (Å²) in [7, 11) is 0. The Hall–Kier alpha value is -0.610. The molecule has 0 bridgehead atoms. The molecule has 15 heavy (non-hydrogen) atoms. The predicted octanol–water partition coefficient (Wildman–Crippen LogP) is -0.0770. The van der Waals surface area contributed by atoms with E-state index in [0.717, 1.165) is 19.6 Å². The summed E-state index contributed by atoms with van der Waals surface area (Å²) in [5.74, 6) is 0.393. The fraction of sp³-hybridized carbons (Fsp3) is 0.909. The summed E-state index contributed by atoms with van der Waals surface area (Å²) in [4.78, 5) is 15.9. The highest BCUT2D eigenvalue weighted by Crippen LogP contribution is 2.17. The van der Waals surface area contributed by atoms with Crippen LogP contribution in [-0.2, 0) is 4.79 Å². The Bertz CT molecular complexity index is 227. The first kappa shape index (κ1) is 10.9. The minimum Gasteiger partial charge on any atom is -0.396 e. The number of amides is 1. The summed E-state index contributed by atoms with van der Waals surface area (Å²) in [6, 6.07) is 0. The molecule has 2 saturated heterocycles. The van der Waals surface area contributed by atoms with Crippen molar-refractivity contribution in [3.63, 3.8) is 0 Å². The van der Waals surface area contributed by atoms with Crippen molar-refractivity contribution in [1.29, 1.82) is 0 Å². The second-order valence-corrected chi connectivity index (χ2v) is 4.64. The second kappa shape index (κ2) is 4.94. The molecule has 1 N–H and O–H groups in total. The molecule has 4 heteroatoms. The monoisotopic (exact) mass is 212 g/mol. The van der Waals surface area contributed by atoms with Gasteiger partial charge in [-0.2, -0.15) is 0 Å². The van der Waals surface area contributed by atoms with Crippen molar-refractivity contribution < 1.29 is 9.90 Å². The summed E-state index contributed by atoms with van der Waals surface area (Å²) in [5, 5.41) is 8.99. The molecule has 2 fully saturated rings. The molecule has 0 aromatic heterocycles. The van der Waals surface area contributed by atoms with Gasteiger partial charge in [-0.1, -0.05) is 0 Å². The summed E-state index contributed by atoms with van der Waals surface area (Å²) in [5.41, 5.74) is 0. The average molecular weight is 212 g/mol. The highest BCUT2D eigenvalue weighted by molar-refractivity contribution is 5.78. The number of likely N-dealkylation sites (tertiary alicyclic amines) is 2. The number of aliphatic hydroxyl groups excluding tert-OH is 1. The molecule has 4 nitrogen and oxygen atoms in total. The van der Waals surface area contributed by atoms with Crippen LogP contribution >= 0.6 is 0 Å². The standard InChI is InChI=1S/C11H20N2O2/c14-9-10-7-11(15)13(8-10)6-5-12-3-1-2-4-12/h10,14H,1-9H2. The lowest BCUT2D eigenvalue weighted by molar-refractivity contribution is -0.127. The van der Waals surface area contributed by atoms with Crippen LogP contribution in [0, 0.1) is 5.92 Å². The zero-order chi connectivity index (χ0) is 10.7. The van der Waals surface area contributed by atoms with E-state index in [1.165, 1.54) is 25.9 Å². The lowest BCUT2D eigenvalue weighted by Crippen LogP contribution is -2.34. The zero-order valence-electron chi connectivity index (χ0n) is 9.19. The van der Waals surface area contributed by atoms with E-state index >= 15 is 0 Å². The zero-order valence-corrected chi connectivity index (χ0v) is 9.19. The summed E-state index contributed by atoms with van der Waals surface area (Å²) < 4.78 is 0. The maximum absolute atomic E-state index is 11.5. The van der Waals surface area contributed by atoms with E-state index in [4.69, 9.17) is 5.11 Å². The van der Waals surface area contributed by atoms with Gasteiger partial charge in [-0.05, 0) is 25.9 Å². The van der Waals surface area contributed by atoms with Crippen molar-refractivity contribution in [2.75, 3.05) is 39.3 Å². The molecule has 0 spiro atoms. The fourth-order valence-corrected chi connectivity index (χ4v) is 2.46. The largest absolute Gasteiger partial charge is 0.396 e. The first-order valence-corrected chi connectivity index (χ1v) is 5.90. The van der Waals surface area contributed by atoms with Crippen LogP contribution in [-0.4, -0.2) is 60.1 Å². The Morgan fingerprint density at radius 3 is 2.60 bits per heavy atom. The average Bonchev–Trinajstić information content (AvgIpc) is 2.84.